The van der Waals surface area contributed by atoms with E-state index in [1.54, 1.807) is 18.9 Å². The first-order valence-corrected chi connectivity index (χ1v) is 5.59. The van der Waals surface area contributed by atoms with Gasteiger partial charge in [-0.25, -0.2) is 0 Å². The van der Waals surface area contributed by atoms with Crippen LogP contribution >= 0.6 is 0 Å². The average Bonchev–Trinajstić information content (AvgIpc) is 2.14. The van der Waals surface area contributed by atoms with Gasteiger partial charge in [0, 0.05) is 19.0 Å². The summed E-state index contributed by atoms with van der Waals surface area (Å²) in [5, 5.41) is 2.79. The average molecular weight is 230 g/mol. The van der Waals surface area contributed by atoms with E-state index in [-0.39, 0.29) is 24.5 Å². The number of amides is 1. The van der Waals surface area contributed by atoms with Crippen molar-refractivity contribution in [1.82, 2.24) is 10.2 Å². The Morgan fingerprint density at radius 1 is 1.38 bits per heavy atom. The first-order chi connectivity index (χ1) is 7.45. The lowest BCUT2D eigenvalue weighted by Crippen LogP contribution is -2.34. The van der Waals surface area contributed by atoms with Crippen LogP contribution in [-0.4, -0.2) is 49.6 Å². The Morgan fingerprint density at radius 2 is 2.00 bits per heavy atom. The predicted octanol–water partition coefficient (Wildman–Crippen LogP) is 0.396. The Kier molecular flexibility index (Phi) is 7.54. The van der Waals surface area contributed by atoms with Crippen LogP contribution < -0.4 is 5.32 Å². The molecule has 0 aromatic carbocycles. The minimum Gasteiger partial charge on any atom is -0.465 e. The minimum absolute atomic E-state index is 0.00529. The largest absolute Gasteiger partial charge is 0.465 e. The summed E-state index contributed by atoms with van der Waals surface area (Å²) in [6.45, 7) is 6.77. The van der Waals surface area contributed by atoms with Crippen molar-refractivity contribution in [3.63, 3.8) is 0 Å². The molecule has 0 fully saturated rings. The number of likely N-dealkylation sites (N-methyl/N-ethyl adjacent to an activating group) is 1. The van der Waals surface area contributed by atoms with Gasteiger partial charge in [-0.1, -0.05) is 0 Å². The van der Waals surface area contributed by atoms with Crippen LogP contribution in [0, 0.1) is 0 Å². The van der Waals surface area contributed by atoms with E-state index in [1.807, 2.05) is 13.8 Å². The summed E-state index contributed by atoms with van der Waals surface area (Å²) >= 11 is 0. The van der Waals surface area contributed by atoms with E-state index >= 15 is 0 Å². The summed E-state index contributed by atoms with van der Waals surface area (Å²) < 4.78 is 4.80. The number of ether oxygens (including phenoxy) is 1. The van der Waals surface area contributed by atoms with Crippen molar-refractivity contribution in [3.8, 4) is 0 Å². The zero-order valence-electron chi connectivity index (χ0n) is 10.6. The molecule has 0 aliphatic carbocycles. The summed E-state index contributed by atoms with van der Waals surface area (Å²) in [5.74, 6) is -0.250. The number of carbonyl (C=O) groups is 2. The summed E-state index contributed by atoms with van der Waals surface area (Å²) in [5.41, 5.74) is 0. The fourth-order valence-corrected chi connectivity index (χ4v) is 1.19. The molecule has 0 radical (unpaired) electrons. The van der Waals surface area contributed by atoms with Crippen LogP contribution in [0.15, 0.2) is 0 Å². The van der Waals surface area contributed by atoms with Gasteiger partial charge in [0.2, 0.25) is 5.91 Å². The molecule has 5 nitrogen and oxygen atoms in total. The number of carbonyl (C=O) groups excluding carboxylic acids is 2. The van der Waals surface area contributed by atoms with Gasteiger partial charge in [-0.3, -0.25) is 14.5 Å². The van der Waals surface area contributed by atoms with E-state index in [1.165, 1.54) is 0 Å². The third-order valence-corrected chi connectivity index (χ3v) is 1.87. The Balaban J connectivity index is 3.68. The number of esters is 1. The van der Waals surface area contributed by atoms with Gasteiger partial charge in [0.15, 0.2) is 0 Å². The lowest BCUT2D eigenvalue weighted by molar-refractivity contribution is -0.144. The molecule has 0 aliphatic heterocycles. The first-order valence-electron chi connectivity index (χ1n) is 5.59. The molecule has 0 aliphatic rings. The van der Waals surface area contributed by atoms with Crippen molar-refractivity contribution < 1.29 is 14.3 Å². The van der Waals surface area contributed by atoms with Gasteiger partial charge >= 0.3 is 5.97 Å². The van der Waals surface area contributed by atoms with Crippen molar-refractivity contribution in [2.45, 2.75) is 33.2 Å². The van der Waals surface area contributed by atoms with E-state index in [4.69, 9.17) is 4.74 Å². The van der Waals surface area contributed by atoms with Crippen LogP contribution in [0.4, 0.5) is 0 Å². The lowest BCUT2D eigenvalue weighted by atomic mass is 10.3. The predicted molar refractivity (Wildman–Crippen MR) is 62.0 cm³/mol. The zero-order chi connectivity index (χ0) is 12.6. The van der Waals surface area contributed by atoms with Gasteiger partial charge in [-0.05, 0) is 27.8 Å². The Bertz CT molecular complexity index is 229. The summed E-state index contributed by atoms with van der Waals surface area (Å²) in [6, 6.07) is 0.155. The monoisotopic (exact) mass is 230 g/mol. The Labute approximate surface area is 97.1 Å². The van der Waals surface area contributed by atoms with Crippen molar-refractivity contribution in [1.29, 1.82) is 0 Å². The molecule has 16 heavy (non-hydrogen) atoms. The zero-order valence-corrected chi connectivity index (χ0v) is 10.6. The summed E-state index contributed by atoms with van der Waals surface area (Å²) in [7, 11) is 1.79. The van der Waals surface area contributed by atoms with Gasteiger partial charge in [0.05, 0.1) is 13.2 Å². The van der Waals surface area contributed by atoms with Crippen molar-refractivity contribution >= 4 is 11.9 Å². The molecule has 0 atom stereocenters. The van der Waals surface area contributed by atoms with Gasteiger partial charge in [0.1, 0.15) is 0 Å². The molecule has 1 amide bonds. The molecule has 0 heterocycles. The second-order valence-corrected chi connectivity index (χ2v) is 4.02. The molecule has 0 spiro atoms. The van der Waals surface area contributed by atoms with Crippen LogP contribution in [0.25, 0.3) is 0 Å². The van der Waals surface area contributed by atoms with Gasteiger partial charge in [-0.2, -0.15) is 0 Å². The number of hydrogen-bond donors (Lipinski definition) is 1. The number of hydrogen-bond acceptors (Lipinski definition) is 4. The molecule has 0 rings (SSSR count). The Hall–Kier alpha value is -1.10. The smallest absolute Gasteiger partial charge is 0.320 e. The fourth-order valence-electron chi connectivity index (χ4n) is 1.19. The highest BCUT2D eigenvalue weighted by molar-refractivity contribution is 5.76. The molecule has 1 N–H and O–H groups in total. The first kappa shape index (κ1) is 14.9. The summed E-state index contributed by atoms with van der Waals surface area (Å²) in [6.07, 6.45) is 0.397. The van der Waals surface area contributed by atoms with Gasteiger partial charge in [-0.15, -0.1) is 0 Å². The van der Waals surface area contributed by atoms with Crippen LogP contribution in [0.1, 0.15) is 27.2 Å². The van der Waals surface area contributed by atoms with Crippen LogP contribution in [0.2, 0.25) is 0 Å². The molecule has 0 unspecified atom stereocenters. The number of nitrogens with one attached hydrogen (secondary N) is 1. The highest BCUT2D eigenvalue weighted by Gasteiger charge is 2.09. The van der Waals surface area contributed by atoms with Crippen molar-refractivity contribution in [3.05, 3.63) is 0 Å². The normalized spacial score (nSPS) is 10.6. The third kappa shape index (κ3) is 8.23. The van der Waals surface area contributed by atoms with Crippen LogP contribution in [0.5, 0.6) is 0 Å². The van der Waals surface area contributed by atoms with E-state index in [9.17, 15) is 9.59 Å². The molecule has 0 bridgehead atoms. The molecule has 0 aromatic rings. The van der Waals surface area contributed by atoms with E-state index in [2.05, 4.69) is 5.32 Å². The second-order valence-electron chi connectivity index (χ2n) is 4.02. The van der Waals surface area contributed by atoms with E-state index in [0.717, 1.165) is 0 Å². The standard InChI is InChI=1S/C11H22N2O3/c1-5-16-11(15)8-13(4)7-6-10(14)12-9(2)3/h9H,5-8H2,1-4H3,(H,12,14). The molecule has 0 saturated heterocycles. The molecule has 0 aromatic heterocycles. The summed E-state index contributed by atoms with van der Waals surface area (Å²) in [4.78, 5) is 24.2. The molecular formula is C11H22N2O3. The maximum absolute atomic E-state index is 11.3. The fraction of sp³-hybridized carbons (Fsp3) is 0.818. The van der Waals surface area contributed by atoms with Gasteiger partial charge < -0.3 is 10.1 Å². The Morgan fingerprint density at radius 3 is 2.50 bits per heavy atom. The quantitative estimate of drug-likeness (QED) is 0.643. The topological polar surface area (TPSA) is 58.6 Å². The minimum atomic E-state index is -0.255. The SMILES string of the molecule is CCOC(=O)CN(C)CCC(=O)NC(C)C. The maximum atomic E-state index is 11.3. The van der Waals surface area contributed by atoms with E-state index < -0.39 is 0 Å². The second kappa shape index (κ2) is 8.10. The van der Waals surface area contributed by atoms with Crippen LogP contribution in [0.3, 0.4) is 0 Å². The number of rotatable bonds is 7. The molecule has 5 heteroatoms. The maximum Gasteiger partial charge on any atom is 0.320 e. The van der Waals surface area contributed by atoms with Gasteiger partial charge in [0.25, 0.3) is 0 Å². The molecule has 94 valence electrons. The molecule has 0 saturated carbocycles. The van der Waals surface area contributed by atoms with Crippen molar-refractivity contribution in [2.75, 3.05) is 26.7 Å². The van der Waals surface area contributed by atoms with Crippen LogP contribution in [-0.2, 0) is 14.3 Å². The third-order valence-electron chi connectivity index (χ3n) is 1.87. The number of nitrogens with zero attached hydrogens (tertiary/aromatic N) is 1. The highest BCUT2D eigenvalue weighted by Crippen LogP contribution is 1.91. The van der Waals surface area contributed by atoms with Crippen molar-refractivity contribution in [2.24, 2.45) is 0 Å². The van der Waals surface area contributed by atoms with E-state index in [0.29, 0.717) is 19.6 Å². The molecular weight excluding hydrogens is 208 g/mol. The lowest BCUT2D eigenvalue weighted by Gasteiger charge is -2.15. The highest BCUT2D eigenvalue weighted by atomic mass is 16.5.